The Balaban J connectivity index is 2.00. The Labute approximate surface area is 124 Å². The van der Waals surface area contributed by atoms with Crippen molar-refractivity contribution in [3.8, 4) is 0 Å². The standard InChI is InChI=1S/C13H13ClN2O3S/c1-7(5-12(18)19)4-11(17)16-13-15-9-3-2-8(14)6-10(9)20-13/h2-3,6-7H,4-5H2,1H3,(H,18,19)(H,15,16,17). The number of nitrogens with zero attached hydrogens (tertiary/aromatic N) is 1. The predicted molar refractivity (Wildman–Crippen MR) is 79.3 cm³/mol. The monoisotopic (exact) mass is 312 g/mol. The number of thiazole rings is 1. The molecule has 2 rings (SSSR count). The summed E-state index contributed by atoms with van der Waals surface area (Å²) in [5.41, 5.74) is 0.772. The van der Waals surface area contributed by atoms with E-state index in [0.717, 1.165) is 10.2 Å². The lowest BCUT2D eigenvalue weighted by Crippen LogP contribution is -2.16. The number of amides is 1. The number of aromatic nitrogens is 1. The molecular weight excluding hydrogens is 300 g/mol. The largest absolute Gasteiger partial charge is 0.481 e. The van der Waals surface area contributed by atoms with Gasteiger partial charge in [-0.05, 0) is 24.1 Å². The van der Waals surface area contributed by atoms with Gasteiger partial charge in [0.25, 0.3) is 0 Å². The second kappa shape index (κ2) is 6.19. The first-order valence-corrected chi connectivity index (χ1v) is 7.21. The van der Waals surface area contributed by atoms with Gasteiger partial charge in [0.1, 0.15) is 0 Å². The van der Waals surface area contributed by atoms with Gasteiger partial charge >= 0.3 is 5.97 Å². The molecule has 0 aliphatic heterocycles. The Kier molecular flexibility index (Phi) is 4.57. The van der Waals surface area contributed by atoms with Crippen LogP contribution in [0.1, 0.15) is 19.8 Å². The average molecular weight is 313 g/mol. The van der Waals surface area contributed by atoms with Gasteiger partial charge in [0.15, 0.2) is 5.13 Å². The molecule has 5 nitrogen and oxygen atoms in total. The van der Waals surface area contributed by atoms with E-state index in [2.05, 4.69) is 10.3 Å². The Morgan fingerprint density at radius 3 is 2.90 bits per heavy atom. The molecule has 1 amide bonds. The van der Waals surface area contributed by atoms with E-state index in [4.69, 9.17) is 16.7 Å². The minimum absolute atomic E-state index is 0.0249. The summed E-state index contributed by atoms with van der Waals surface area (Å²) in [6.07, 6.45) is 0.131. The predicted octanol–water partition coefficient (Wildman–Crippen LogP) is 3.39. The molecule has 0 radical (unpaired) electrons. The Morgan fingerprint density at radius 2 is 2.20 bits per heavy atom. The van der Waals surface area contributed by atoms with Crippen molar-refractivity contribution in [1.29, 1.82) is 0 Å². The lowest BCUT2D eigenvalue weighted by Gasteiger charge is -2.07. The Hall–Kier alpha value is -1.66. The number of hydrogen-bond acceptors (Lipinski definition) is 4. The molecule has 0 spiro atoms. The topological polar surface area (TPSA) is 79.3 Å². The molecule has 1 aromatic heterocycles. The molecule has 1 unspecified atom stereocenters. The van der Waals surface area contributed by atoms with E-state index in [0.29, 0.717) is 10.2 Å². The molecular formula is C13H13ClN2O3S. The third-order valence-electron chi connectivity index (χ3n) is 2.65. The molecule has 2 aromatic rings. The number of hydrogen-bond donors (Lipinski definition) is 2. The molecule has 7 heteroatoms. The van der Waals surface area contributed by atoms with Crippen molar-refractivity contribution in [3.05, 3.63) is 23.2 Å². The lowest BCUT2D eigenvalue weighted by molar-refractivity contribution is -0.138. The van der Waals surface area contributed by atoms with Crippen LogP contribution in [0.4, 0.5) is 5.13 Å². The zero-order valence-electron chi connectivity index (χ0n) is 10.7. The van der Waals surface area contributed by atoms with E-state index in [1.54, 1.807) is 25.1 Å². The minimum atomic E-state index is -0.903. The van der Waals surface area contributed by atoms with Gasteiger partial charge in [0.05, 0.1) is 10.2 Å². The molecule has 0 fully saturated rings. The highest BCUT2D eigenvalue weighted by molar-refractivity contribution is 7.22. The van der Waals surface area contributed by atoms with E-state index in [1.165, 1.54) is 11.3 Å². The number of halogens is 1. The summed E-state index contributed by atoms with van der Waals surface area (Å²) in [6, 6.07) is 5.32. The van der Waals surface area contributed by atoms with Gasteiger partial charge in [-0.25, -0.2) is 4.98 Å². The second-order valence-electron chi connectivity index (χ2n) is 4.59. The molecule has 0 aliphatic rings. The first kappa shape index (κ1) is 14.7. The summed E-state index contributed by atoms with van der Waals surface area (Å²) in [4.78, 5) is 26.6. The number of anilines is 1. The van der Waals surface area contributed by atoms with Crippen molar-refractivity contribution < 1.29 is 14.7 Å². The minimum Gasteiger partial charge on any atom is -0.481 e. The fourth-order valence-electron chi connectivity index (χ4n) is 1.81. The highest BCUT2D eigenvalue weighted by Crippen LogP contribution is 2.28. The molecule has 1 heterocycles. The number of aliphatic carboxylic acids is 1. The van der Waals surface area contributed by atoms with Crippen molar-refractivity contribution in [2.24, 2.45) is 5.92 Å². The summed E-state index contributed by atoms with van der Waals surface area (Å²) in [7, 11) is 0. The van der Waals surface area contributed by atoms with Crippen LogP contribution in [0.5, 0.6) is 0 Å². The molecule has 0 aliphatic carbocycles. The van der Waals surface area contributed by atoms with Crippen LogP contribution < -0.4 is 5.32 Å². The maximum Gasteiger partial charge on any atom is 0.303 e. The normalized spacial score (nSPS) is 12.3. The van der Waals surface area contributed by atoms with E-state index in [1.807, 2.05) is 0 Å². The van der Waals surface area contributed by atoms with Crippen LogP contribution in [0.3, 0.4) is 0 Å². The van der Waals surface area contributed by atoms with Crippen LogP contribution >= 0.6 is 22.9 Å². The quantitative estimate of drug-likeness (QED) is 0.887. The zero-order valence-corrected chi connectivity index (χ0v) is 12.3. The van der Waals surface area contributed by atoms with Crippen molar-refractivity contribution >= 4 is 50.2 Å². The smallest absolute Gasteiger partial charge is 0.303 e. The number of fused-ring (bicyclic) bond motifs is 1. The second-order valence-corrected chi connectivity index (χ2v) is 6.05. The maximum atomic E-state index is 11.8. The summed E-state index contributed by atoms with van der Waals surface area (Å²) in [6.45, 7) is 1.73. The molecule has 1 aromatic carbocycles. The van der Waals surface area contributed by atoms with Crippen LogP contribution in [-0.2, 0) is 9.59 Å². The summed E-state index contributed by atoms with van der Waals surface area (Å²) in [5.74, 6) is -1.35. The number of carboxylic acids is 1. The fraction of sp³-hybridized carbons (Fsp3) is 0.308. The summed E-state index contributed by atoms with van der Waals surface area (Å²) in [5, 5.41) is 12.5. The average Bonchev–Trinajstić information content (AvgIpc) is 2.68. The van der Waals surface area contributed by atoms with Crippen LogP contribution in [0, 0.1) is 5.92 Å². The van der Waals surface area contributed by atoms with Gasteiger partial charge in [-0.15, -0.1) is 0 Å². The zero-order chi connectivity index (χ0) is 14.7. The van der Waals surface area contributed by atoms with Crippen LogP contribution in [0.25, 0.3) is 10.2 Å². The summed E-state index contributed by atoms with van der Waals surface area (Å²) < 4.78 is 0.895. The SMILES string of the molecule is CC(CC(=O)O)CC(=O)Nc1nc2ccc(Cl)cc2s1. The van der Waals surface area contributed by atoms with Gasteiger partial charge in [-0.1, -0.05) is 29.9 Å². The number of rotatable bonds is 5. The van der Waals surface area contributed by atoms with Crippen molar-refractivity contribution in [2.45, 2.75) is 19.8 Å². The Bertz CT molecular complexity index is 656. The molecule has 0 saturated heterocycles. The first-order valence-electron chi connectivity index (χ1n) is 6.02. The van der Waals surface area contributed by atoms with Crippen LogP contribution in [0.15, 0.2) is 18.2 Å². The Morgan fingerprint density at radius 1 is 1.45 bits per heavy atom. The van der Waals surface area contributed by atoms with Gasteiger partial charge in [0.2, 0.25) is 5.91 Å². The van der Waals surface area contributed by atoms with Crippen molar-refractivity contribution in [1.82, 2.24) is 4.98 Å². The van der Waals surface area contributed by atoms with Crippen molar-refractivity contribution in [3.63, 3.8) is 0 Å². The van der Waals surface area contributed by atoms with E-state index >= 15 is 0 Å². The number of carbonyl (C=O) groups is 2. The van der Waals surface area contributed by atoms with Gasteiger partial charge in [-0.3, -0.25) is 9.59 Å². The number of benzene rings is 1. The number of carboxylic acid groups (broad SMARTS) is 1. The van der Waals surface area contributed by atoms with E-state index in [9.17, 15) is 9.59 Å². The third-order valence-corrected chi connectivity index (χ3v) is 3.82. The van der Waals surface area contributed by atoms with Gasteiger partial charge < -0.3 is 10.4 Å². The van der Waals surface area contributed by atoms with Crippen molar-refractivity contribution in [2.75, 3.05) is 5.32 Å². The number of carbonyl (C=O) groups excluding carboxylic acids is 1. The molecule has 106 valence electrons. The number of nitrogens with one attached hydrogen (secondary N) is 1. The highest BCUT2D eigenvalue weighted by Gasteiger charge is 2.14. The lowest BCUT2D eigenvalue weighted by atomic mass is 10.0. The first-order chi connectivity index (χ1) is 9.44. The van der Waals surface area contributed by atoms with E-state index in [-0.39, 0.29) is 24.7 Å². The molecule has 0 saturated carbocycles. The highest BCUT2D eigenvalue weighted by atomic mass is 35.5. The van der Waals surface area contributed by atoms with Crippen LogP contribution in [0.2, 0.25) is 5.02 Å². The van der Waals surface area contributed by atoms with Crippen LogP contribution in [-0.4, -0.2) is 22.0 Å². The fourth-order valence-corrected chi connectivity index (χ4v) is 2.97. The van der Waals surface area contributed by atoms with E-state index < -0.39 is 5.97 Å². The maximum absolute atomic E-state index is 11.8. The van der Waals surface area contributed by atoms with Gasteiger partial charge in [0, 0.05) is 17.9 Å². The molecule has 20 heavy (non-hydrogen) atoms. The summed E-state index contributed by atoms with van der Waals surface area (Å²) >= 11 is 7.22. The van der Waals surface area contributed by atoms with Gasteiger partial charge in [-0.2, -0.15) is 0 Å². The molecule has 2 N–H and O–H groups in total. The molecule has 0 bridgehead atoms. The third kappa shape index (κ3) is 3.91. The molecule has 1 atom stereocenters.